The molecule has 8 nitrogen and oxygen atoms in total. The van der Waals surface area contributed by atoms with Crippen LogP contribution in [0.2, 0.25) is 0 Å². The highest BCUT2D eigenvalue weighted by Gasteiger charge is 2.49. The van der Waals surface area contributed by atoms with E-state index in [0.29, 0.717) is 5.56 Å². The Morgan fingerprint density at radius 3 is 2.30 bits per heavy atom. The van der Waals surface area contributed by atoms with E-state index < -0.39 is 42.7 Å². The molecule has 0 radical (unpaired) electrons. The van der Waals surface area contributed by atoms with E-state index in [9.17, 15) is 35.4 Å². The van der Waals surface area contributed by atoms with Crippen LogP contribution in [0.25, 0.3) is 6.08 Å². The van der Waals surface area contributed by atoms with Crippen LogP contribution in [0.5, 0.6) is 11.5 Å². The number of carbonyl (C=O) groups is 1. The predicted octanol–water partition coefficient (Wildman–Crippen LogP) is -0.781. The number of esters is 1. The predicted molar refractivity (Wildman–Crippen MR) is 77.1 cm³/mol. The number of aliphatic hydroxyl groups excluding tert-OH is 3. The molecule has 23 heavy (non-hydrogen) atoms. The Bertz CT molecular complexity index is 599. The first-order valence-electron chi connectivity index (χ1n) is 6.89. The number of aliphatic hydroxyl groups is 4. The molecule has 126 valence electrons. The van der Waals surface area contributed by atoms with E-state index in [1.807, 2.05) is 0 Å². The van der Waals surface area contributed by atoms with Crippen molar-refractivity contribution in [1.29, 1.82) is 0 Å². The van der Waals surface area contributed by atoms with Crippen LogP contribution in [0, 0.1) is 0 Å². The Morgan fingerprint density at radius 1 is 1.13 bits per heavy atom. The topological polar surface area (TPSA) is 148 Å². The molecule has 0 aliphatic heterocycles. The largest absolute Gasteiger partial charge is 0.504 e. The lowest BCUT2D eigenvalue weighted by Gasteiger charge is -2.38. The summed E-state index contributed by atoms with van der Waals surface area (Å²) in [5.41, 5.74) is -1.68. The summed E-state index contributed by atoms with van der Waals surface area (Å²) in [5.74, 6) is -1.72. The van der Waals surface area contributed by atoms with Gasteiger partial charge in [0.2, 0.25) is 0 Å². The molecule has 1 aromatic rings. The van der Waals surface area contributed by atoms with Crippen LogP contribution in [0.4, 0.5) is 0 Å². The first-order valence-corrected chi connectivity index (χ1v) is 6.89. The summed E-state index contributed by atoms with van der Waals surface area (Å²) in [6, 6.07) is 3.94. The average Bonchev–Trinajstić information content (AvgIpc) is 2.48. The molecule has 0 saturated heterocycles. The van der Waals surface area contributed by atoms with Crippen molar-refractivity contribution in [2.45, 2.75) is 36.8 Å². The first kappa shape index (κ1) is 17.2. The van der Waals surface area contributed by atoms with Crippen LogP contribution in [-0.2, 0) is 9.53 Å². The maximum atomic E-state index is 11.9. The third kappa shape index (κ3) is 3.80. The molecule has 8 heteroatoms. The Balaban J connectivity index is 2.01. The monoisotopic (exact) mass is 326 g/mol. The van der Waals surface area contributed by atoms with Crippen LogP contribution in [-0.4, -0.2) is 60.5 Å². The molecule has 0 bridgehead atoms. The standard InChI is InChI=1S/C15H18O8/c16-9-2-1-8(5-10(9)17)3-4-23-14(21)15(22)6-11(18)13(20)12(19)7-15/h1-5,11-13,16-20,22H,6-7H2/b4-3-. The van der Waals surface area contributed by atoms with Gasteiger partial charge >= 0.3 is 5.97 Å². The minimum atomic E-state index is -2.11. The molecule has 6 N–H and O–H groups in total. The Morgan fingerprint density at radius 2 is 1.74 bits per heavy atom. The fourth-order valence-electron chi connectivity index (χ4n) is 2.37. The summed E-state index contributed by atoms with van der Waals surface area (Å²) in [6.45, 7) is 0. The number of benzene rings is 1. The number of hydrogen-bond acceptors (Lipinski definition) is 8. The van der Waals surface area contributed by atoms with E-state index in [4.69, 9.17) is 4.74 Å². The van der Waals surface area contributed by atoms with Crippen molar-refractivity contribution in [2.24, 2.45) is 0 Å². The average molecular weight is 326 g/mol. The van der Waals surface area contributed by atoms with Crippen molar-refractivity contribution in [3.05, 3.63) is 30.0 Å². The lowest BCUT2D eigenvalue weighted by atomic mass is 9.80. The van der Waals surface area contributed by atoms with E-state index in [1.54, 1.807) is 0 Å². The van der Waals surface area contributed by atoms with Gasteiger partial charge in [0.25, 0.3) is 0 Å². The van der Waals surface area contributed by atoms with Crippen molar-refractivity contribution in [1.82, 2.24) is 0 Å². The number of carbonyl (C=O) groups excluding carboxylic acids is 1. The summed E-state index contributed by atoms with van der Waals surface area (Å²) >= 11 is 0. The molecule has 0 spiro atoms. The zero-order valence-corrected chi connectivity index (χ0v) is 12.0. The third-order valence-corrected chi connectivity index (χ3v) is 3.70. The quantitative estimate of drug-likeness (QED) is 0.241. The zero-order chi connectivity index (χ0) is 17.2. The van der Waals surface area contributed by atoms with Crippen LogP contribution in [0.15, 0.2) is 24.5 Å². The lowest BCUT2D eigenvalue weighted by Crippen LogP contribution is -2.56. The summed E-state index contributed by atoms with van der Waals surface area (Å²) in [4.78, 5) is 11.9. The second kappa shape index (κ2) is 6.55. The smallest absolute Gasteiger partial charge is 0.343 e. The van der Waals surface area contributed by atoms with Gasteiger partial charge in [0.1, 0.15) is 6.10 Å². The van der Waals surface area contributed by atoms with Crippen molar-refractivity contribution in [3.8, 4) is 11.5 Å². The van der Waals surface area contributed by atoms with Gasteiger partial charge in [-0.15, -0.1) is 0 Å². The van der Waals surface area contributed by atoms with Gasteiger partial charge in [-0.25, -0.2) is 4.79 Å². The fourth-order valence-corrected chi connectivity index (χ4v) is 2.37. The Hall–Kier alpha value is -2.13. The van der Waals surface area contributed by atoms with E-state index in [2.05, 4.69) is 0 Å². The second-order valence-corrected chi connectivity index (χ2v) is 5.52. The fraction of sp³-hybridized carbons (Fsp3) is 0.400. The van der Waals surface area contributed by atoms with Gasteiger partial charge in [-0.3, -0.25) is 0 Å². The van der Waals surface area contributed by atoms with Crippen LogP contribution in [0.1, 0.15) is 18.4 Å². The van der Waals surface area contributed by atoms with Gasteiger partial charge in [0.05, 0.1) is 18.5 Å². The van der Waals surface area contributed by atoms with Crippen LogP contribution >= 0.6 is 0 Å². The molecule has 1 saturated carbocycles. The van der Waals surface area contributed by atoms with E-state index in [0.717, 1.165) is 6.26 Å². The highest BCUT2D eigenvalue weighted by atomic mass is 16.5. The minimum Gasteiger partial charge on any atom is -0.504 e. The molecule has 0 heterocycles. The molecule has 2 unspecified atom stereocenters. The van der Waals surface area contributed by atoms with Crippen molar-refractivity contribution in [2.75, 3.05) is 0 Å². The van der Waals surface area contributed by atoms with Gasteiger partial charge in [0, 0.05) is 12.8 Å². The highest BCUT2D eigenvalue weighted by molar-refractivity contribution is 5.80. The molecule has 1 fully saturated rings. The summed E-state index contributed by atoms with van der Waals surface area (Å²) in [5, 5.41) is 57.2. The van der Waals surface area contributed by atoms with E-state index in [-0.39, 0.29) is 11.5 Å². The first-order chi connectivity index (χ1) is 10.7. The molecule has 1 aliphatic rings. The van der Waals surface area contributed by atoms with Gasteiger partial charge in [0.15, 0.2) is 17.1 Å². The van der Waals surface area contributed by atoms with Crippen LogP contribution in [0.3, 0.4) is 0 Å². The number of ether oxygens (including phenoxy) is 1. The summed E-state index contributed by atoms with van der Waals surface area (Å²) in [6.07, 6.45) is -2.97. The zero-order valence-electron chi connectivity index (χ0n) is 12.0. The van der Waals surface area contributed by atoms with Crippen molar-refractivity contribution in [3.63, 3.8) is 0 Å². The van der Waals surface area contributed by atoms with Gasteiger partial charge in [-0.05, 0) is 23.8 Å². The number of hydrogen-bond donors (Lipinski definition) is 6. The molecular formula is C15H18O8. The van der Waals surface area contributed by atoms with Crippen molar-refractivity contribution < 1.29 is 40.2 Å². The molecule has 2 atom stereocenters. The Kier molecular flexibility index (Phi) is 4.90. The maximum absolute atomic E-state index is 11.9. The van der Waals surface area contributed by atoms with E-state index in [1.165, 1.54) is 24.3 Å². The van der Waals surface area contributed by atoms with Gasteiger partial charge in [-0.1, -0.05) is 6.07 Å². The maximum Gasteiger partial charge on any atom is 0.343 e. The number of rotatable bonds is 3. The normalized spacial score (nSPS) is 31.2. The Labute approximate surface area is 131 Å². The van der Waals surface area contributed by atoms with Gasteiger partial charge in [-0.2, -0.15) is 0 Å². The summed E-state index contributed by atoms with van der Waals surface area (Å²) < 4.78 is 4.77. The highest BCUT2D eigenvalue weighted by Crippen LogP contribution is 2.30. The number of aromatic hydroxyl groups is 2. The lowest BCUT2D eigenvalue weighted by molar-refractivity contribution is -0.187. The van der Waals surface area contributed by atoms with Crippen LogP contribution < -0.4 is 0 Å². The molecule has 1 aliphatic carbocycles. The van der Waals surface area contributed by atoms with Crippen molar-refractivity contribution >= 4 is 12.0 Å². The van der Waals surface area contributed by atoms with E-state index >= 15 is 0 Å². The molecular weight excluding hydrogens is 308 g/mol. The summed E-state index contributed by atoms with van der Waals surface area (Å²) in [7, 11) is 0. The number of phenolic OH excluding ortho intramolecular Hbond substituents is 2. The molecule has 0 amide bonds. The molecule has 2 rings (SSSR count). The number of phenols is 2. The van der Waals surface area contributed by atoms with Gasteiger partial charge < -0.3 is 35.4 Å². The SMILES string of the molecule is O=C(O/C=C\c1ccc(O)c(O)c1)C1(O)CC(O)C(O)C(O)C1. The minimum absolute atomic E-state index is 0.294. The molecule has 1 aromatic carbocycles. The second-order valence-electron chi connectivity index (χ2n) is 5.52. The third-order valence-electron chi connectivity index (χ3n) is 3.70. The molecule has 0 aromatic heterocycles.